The molecule has 1 heterocycles. The first kappa shape index (κ1) is 18.9. The Labute approximate surface area is 162 Å². The summed E-state index contributed by atoms with van der Waals surface area (Å²) < 4.78 is 1.71. The number of aromatic nitrogens is 1. The van der Waals surface area contributed by atoms with Crippen LogP contribution in [-0.2, 0) is 16.1 Å². The minimum Gasteiger partial charge on any atom is -0.368 e. The highest BCUT2D eigenvalue weighted by molar-refractivity contribution is 6.10. The molecule has 1 aromatic heterocycles. The maximum absolute atomic E-state index is 12.6. The van der Waals surface area contributed by atoms with Crippen LogP contribution in [0.25, 0.3) is 17.0 Å². The number of amides is 2. The number of anilines is 1. The van der Waals surface area contributed by atoms with Gasteiger partial charge in [0.15, 0.2) is 0 Å². The number of primary amides is 1. The molecule has 0 radical (unpaired) electrons. The first-order chi connectivity index (χ1) is 13.4. The van der Waals surface area contributed by atoms with Crippen molar-refractivity contribution in [3.05, 3.63) is 70.9 Å². The van der Waals surface area contributed by atoms with Gasteiger partial charge in [0.1, 0.15) is 18.2 Å². The monoisotopic (exact) mass is 372 g/mol. The number of benzene rings is 2. The number of aryl methyl sites for hydroxylation is 2. The van der Waals surface area contributed by atoms with Crippen molar-refractivity contribution < 1.29 is 9.59 Å². The third kappa shape index (κ3) is 4.10. The maximum Gasteiger partial charge on any atom is 0.266 e. The molecule has 0 aliphatic rings. The van der Waals surface area contributed by atoms with Crippen molar-refractivity contribution in [1.29, 1.82) is 5.26 Å². The summed E-state index contributed by atoms with van der Waals surface area (Å²) in [5.74, 6) is -0.955. The summed E-state index contributed by atoms with van der Waals surface area (Å²) in [5, 5.41) is 13.1. The summed E-state index contributed by atoms with van der Waals surface area (Å²) in [5.41, 5.74) is 9.45. The zero-order valence-corrected chi connectivity index (χ0v) is 15.7. The topological polar surface area (TPSA) is 101 Å². The van der Waals surface area contributed by atoms with Crippen LogP contribution in [0.15, 0.2) is 54.2 Å². The Morgan fingerprint density at radius 2 is 1.86 bits per heavy atom. The number of carbonyl (C=O) groups excluding carboxylic acids is 2. The van der Waals surface area contributed by atoms with E-state index < -0.39 is 11.8 Å². The van der Waals surface area contributed by atoms with Crippen LogP contribution in [0.5, 0.6) is 0 Å². The zero-order valence-electron chi connectivity index (χ0n) is 15.7. The van der Waals surface area contributed by atoms with E-state index >= 15 is 0 Å². The van der Waals surface area contributed by atoms with E-state index in [4.69, 9.17) is 5.73 Å². The molecule has 2 aromatic carbocycles. The average molecular weight is 372 g/mol. The van der Waals surface area contributed by atoms with E-state index in [-0.39, 0.29) is 12.1 Å². The summed E-state index contributed by atoms with van der Waals surface area (Å²) in [7, 11) is 0. The van der Waals surface area contributed by atoms with Crippen molar-refractivity contribution in [2.24, 2.45) is 5.73 Å². The van der Waals surface area contributed by atoms with Crippen molar-refractivity contribution in [1.82, 2.24) is 4.57 Å². The first-order valence-corrected chi connectivity index (χ1v) is 8.75. The van der Waals surface area contributed by atoms with Crippen molar-refractivity contribution in [3.63, 3.8) is 0 Å². The number of rotatable bonds is 5. The van der Waals surface area contributed by atoms with E-state index in [0.717, 1.165) is 22.0 Å². The highest BCUT2D eigenvalue weighted by atomic mass is 16.2. The van der Waals surface area contributed by atoms with Gasteiger partial charge in [0.25, 0.3) is 5.91 Å². The lowest BCUT2D eigenvalue weighted by Crippen LogP contribution is -2.17. The second kappa shape index (κ2) is 7.80. The third-order valence-electron chi connectivity index (χ3n) is 4.29. The van der Waals surface area contributed by atoms with E-state index in [9.17, 15) is 14.9 Å². The van der Waals surface area contributed by atoms with Crippen molar-refractivity contribution in [3.8, 4) is 6.07 Å². The highest BCUT2D eigenvalue weighted by Crippen LogP contribution is 2.24. The largest absolute Gasteiger partial charge is 0.368 e. The second-order valence-electron chi connectivity index (χ2n) is 6.70. The van der Waals surface area contributed by atoms with Crippen LogP contribution < -0.4 is 11.1 Å². The number of nitrogens with one attached hydrogen (secondary N) is 1. The number of fused-ring (bicyclic) bond motifs is 1. The number of hydrogen-bond acceptors (Lipinski definition) is 3. The van der Waals surface area contributed by atoms with Gasteiger partial charge < -0.3 is 15.6 Å². The summed E-state index contributed by atoms with van der Waals surface area (Å²) in [6.45, 7) is 3.90. The van der Waals surface area contributed by atoms with Gasteiger partial charge in [-0.1, -0.05) is 24.3 Å². The van der Waals surface area contributed by atoms with Gasteiger partial charge in [0, 0.05) is 28.4 Å². The Balaban J connectivity index is 1.97. The van der Waals surface area contributed by atoms with E-state index in [1.807, 2.05) is 62.4 Å². The number of nitriles is 1. The SMILES string of the molecule is Cc1cc(C)cc(NC(=O)/C(C#N)=C\c2cn(CC(N)=O)c3ccccc23)c1. The van der Waals surface area contributed by atoms with E-state index in [2.05, 4.69) is 5.32 Å². The molecule has 0 bridgehead atoms. The van der Waals surface area contributed by atoms with Gasteiger partial charge in [-0.3, -0.25) is 9.59 Å². The Morgan fingerprint density at radius 3 is 2.50 bits per heavy atom. The first-order valence-electron chi connectivity index (χ1n) is 8.75. The lowest BCUT2D eigenvalue weighted by Gasteiger charge is -2.07. The summed E-state index contributed by atoms with van der Waals surface area (Å²) in [4.78, 5) is 23.9. The van der Waals surface area contributed by atoms with Crippen LogP contribution in [0.1, 0.15) is 16.7 Å². The van der Waals surface area contributed by atoms with Gasteiger partial charge in [0.05, 0.1) is 0 Å². The quantitative estimate of drug-likeness (QED) is 0.531. The fourth-order valence-corrected chi connectivity index (χ4v) is 3.24. The van der Waals surface area contributed by atoms with Gasteiger partial charge in [-0.2, -0.15) is 5.26 Å². The molecule has 6 heteroatoms. The number of nitrogens with zero attached hydrogens (tertiary/aromatic N) is 2. The number of para-hydroxylation sites is 1. The highest BCUT2D eigenvalue weighted by Gasteiger charge is 2.13. The second-order valence-corrected chi connectivity index (χ2v) is 6.70. The van der Waals surface area contributed by atoms with Gasteiger partial charge in [-0.25, -0.2) is 0 Å². The van der Waals surface area contributed by atoms with Gasteiger partial charge >= 0.3 is 0 Å². The molecule has 0 fully saturated rings. The molecular formula is C22H20N4O2. The fraction of sp³-hybridized carbons (Fsp3) is 0.136. The molecular weight excluding hydrogens is 352 g/mol. The molecule has 28 heavy (non-hydrogen) atoms. The van der Waals surface area contributed by atoms with Crippen molar-refractivity contribution in [2.45, 2.75) is 20.4 Å². The summed E-state index contributed by atoms with van der Waals surface area (Å²) in [6, 6.07) is 15.1. The number of carbonyl (C=O) groups is 2. The van der Waals surface area contributed by atoms with Crippen LogP contribution >= 0.6 is 0 Å². The van der Waals surface area contributed by atoms with Crippen LogP contribution in [0.2, 0.25) is 0 Å². The molecule has 0 saturated heterocycles. The van der Waals surface area contributed by atoms with E-state index in [0.29, 0.717) is 11.3 Å². The molecule has 140 valence electrons. The third-order valence-corrected chi connectivity index (χ3v) is 4.29. The molecule has 6 nitrogen and oxygen atoms in total. The molecule has 0 atom stereocenters. The molecule has 2 amide bonds. The summed E-state index contributed by atoms with van der Waals surface area (Å²) >= 11 is 0. The molecule has 0 aliphatic heterocycles. The predicted octanol–water partition coefficient (Wildman–Crippen LogP) is 3.29. The Bertz CT molecular complexity index is 1130. The Morgan fingerprint density at radius 1 is 1.18 bits per heavy atom. The van der Waals surface area contributed by atoms with Crippen LogP contribution in [0.4, 0.5) is 5.69 Å². The minimum absolute atomic E-state index is 0.0189. The number of nitrogens with two attached hydrogens (primary N) is 1. The molecule has 0 unspecified atom stereocenters. The van der Waals surface area contributed by atoms with E-state index in [1.54, 1.807) is 10.8 Å². The lowest BCUT2D eigenvalue weighted by molar-refractivity contribution is -0.118. The molecule has 3 N–H and O–H groups in total. The smallest absolute Gasteiger partial charge is 0.266 e. The van der Waals surface area contributed by atoms with Crippen molar-refractivity contribution in [2.75, 3.05) is 5.32 Å². The minimum atomic E-state index is -0.487. The molecule has 3 aromatic rings. The molecule has 3 rings (SSSR count). The number of hydrogen-bond donors (Lipinski definition) is 2. The predicted molar refractivity (Wildman–Crippen MR) is 109 cm³/mol. The zero-order chi connectivity index (χ0) is 20.3. The van der Waals surface area contributed by atoms with Crippen LogP contribution in [-0.4, -0.2) is 16.4 Å². The van der Waals surface area contributed by atoms with Crippen LogP contribution in [0.3, 0.4) is 0 Å². The Hall–Kier alpha value is -3.85. The van der Waals surface area contributed by atoms with Gasteiger partial charge in [0.2, 0.25) is 5.91 Å². The maximum atomic E-state index is 12.6. The Kier molecular flexibility index (Phi) is 5.28. The fourth-order valence-electron chi connectivity index (χ4n) is 3.24. The molecule has 0 saturated carbocycles. The van der Waals surface area contributed by atoms with Gasteiger partial charge in [-0.05, 0) is 49.2 Å². The normalized spacial score (nSPS) is 11.2. The lowest BCUT2D eigenvalue weighted by atomic mass is 10.1. The summed E-state index contributed by atoms with van der Waals surface area (Å²) in [6.07, 6.45) is 3.24. The molecule has 0 spiro atoms. The average Bonchev–Trinajstić information content (AvgIpc) is 2.95. The molecule has 0 aliphatic carbocycles. The van der Waals surface area contributed by atoms with Crippen molar-refractivity contribution >= 4 is 34.5 Å². The standard InChI is InChI=1S/C22H20N4O2/c1-14-7-15(2)9-18(8-14)25-22(28)16(11-23)10-17-12-26(13-21(24)27)20-6-4-3-5-19(17)20/h3-10,12H,13H2,1-2H3,(H2,24,27)(H,25,28)/b16-10-. The van der Waals surface area contributed by atoms with Gasteiger partial charge in [-0.15, -0.1) is 0 Å². The van der Waals surface area contributed by atoms with Crippen LogP contribution in [0, 0.1) is 25.2 Å². The van der Waals surface area contributed by atoms with E-state index in [1.165, 1.54) is 6.08 Å².